The summed E-state index contributed by atoms with van der Waals surface area (Å²) < 4.78 is 2.81. The topological polar surface area (TPSA) is 89.9 Å². The molecule has 1 saturated heterocycles. The van der Waals surface area contributed by atoms with Crippen molar-refractivity contribution in [1.82, 2.24) is 24.9 Å². The molecule has 0 aliphatic carbocycles. The molecule has 0 saturated carbocycles. The first-order valence-corrected chi connectivity index (χ1v) is 9.31. The molecule has 2 aromatic heterocycles. The van der Waals surface area contributed by atoms with E-state index in [2.05, 4.69) is 16.4 Å². The third kappa shape index (κ3) is 3.27. The highest BCUT2D eigenvalue weighted by molar-refractivity contribution is 7.18. The first-order chi connectivity index (χ1) is 12.2. The zero-order valence-corrected chi connectivity index (χ0v) is 14.7. The molecule has 1 aromatic carbocycles. The molecule has 0 radical (unpaired) electrons. The molecule has 0 unspecified atom stereocenters. The molecule has 4 rings (SSSR count). The number of aromatic nitrogens is 4. The summed E-state index contributed by atoms with van der Waals surface area (Å²) in [4.78, 5) is 19.4. The molecule has 1 atom stereocenters. The van der Waals surface area contributed by atoms with Gasteiger partial charge in [-0.3, -0.25) is 9.48 Å². The summed E-state index contributed by atoms with van der Waals surface area (Å²) in [6.07, 6.45) is 3.71. The molecule has 1 aliphatic rings. The van der Waals surface area contributed by atoms with Crippen molar-refractivity contribution in [2.24, 2.45) is 5.73 Å². The molecule has 130 valence electrons. The molecule has 8 heteroatoms. The number of benzene rings is 1. The Labute approximate surface area is 149 Å². The Morgan fingerprint density at radius 1 is 1.36 bits per heavy atom. The maximum Gasteiger partial charge on any atom is 0.276 e. The Hall–Kier alpha value is -2.32. The van der Waals surface area contributed by atoms with Gasteiger partial charge in [-0.25, -0.2) is 4.98 Å². The van der Waals surface area contributed by atoms with E-state index in [1.807, 2.05) is 23.1 Å². The van der Waals surface area contributed by atoms with E-state index in [4.69, 9.17) is 10.7 Å². The first-order valence-electron chi connectivity index (χ1n) is 8.49. The molecule has 25 heavy (non-hydrogen) atoms. The van der Waals surface area contributed by atoms with Crippen LogP contribution in [0.3, 0.4) is 0 Å². The molecule has 2 N–H and O–H groups in total. The number of hydrogen-bond donors (Lipinski definition) is 1. The minimum absolute atomic E-state index is 0.0610. The monoisotopic (exact) mass is 356 g/mol. The number of rotatable bonds is 4. The van der Waals surface area contributed by atoms with Crippen molar-refractivity contribution in [3.05, 3.63) is 41.2 Å². The van der Waals surface area contributed by atoms with E-state index in [9.17, 15) is 4.79 Å². The number of carbonyl (C=O) groups is 1. The second-order valence-electron chi connectivity index (χ2n) is 6.27. The number of carbonyl (C=O) groups excluding carboxylic acids is 1. The van der Waals surface area contributed by atoms with Crippen LogP contribution < -0.4 is 5.73 Å². The average Bonchev–Trinajstić information content (AvgIpc) is 3.28. The second-order valence-corrected chi connectivity index (χ2v) is 7.33. The fourth-order valence-electron chi connectivity index (χ4n) is 3.23. The van der Waals surface area contributed by atoms with Crippen LogP contribution in [-0.4, -0.2) is 50.4 Å². The number of likely N-dealkylation sites (tertiary alicyclic amines) is 1. The van der Waals surface area contributed by atoms with Gasteiger partial charge >= 0.3 is 0 Å². The van der Waals surface area contributed by atoms with Gasteiger partial charge in [0, 0.05) is 25.6 Å². The summed E-state index contributed by atoms with van der Waals surface area (Å²) in [5.41, 5.74) is 6.94. The van der Waals surface area contributed by atoms with Gasteiger partial charge in [0.05, 0.1) is 28.0 Å². The van der Waals surface area contributed by atoms with Gasteiger partial charge in [-0.15, -0.1) is 16.4 Å². The number of hydrogen-bond acceptors (Lipinski definition) is 6. The maximum atomic E-state index is 12.7. The van der Waals surface area contributed by atoms with E-state index < -0.39 is 0 Å². The second kappa shape index (κ2) is 6.89. The van der Waals surface area contributed by atoms with Crippen LogP contribution in [0.25, 0.3) is 10.2 Å². The van der Waals surface area contributed by atoms with Gasteiger partial charge < -0.3 is 10.6 Å². The van der Waals surface area contributed by atoms with Crippen LogP contribution in [0.2, 0.25) is 0 Å². The van der Waals surface area contributed by atoms with Gasteiger partial charge in [0.25, 0.3) is 5.91 Å². The predicted octanol–water partition coefficient (Wildman–Crippen LogP) is 1.87. The summed E-state index contributed by atoms with van der Waals surface area (Å²) in [7, 11) is 0. The SMILES string of the molecule is NCCn1cc(C(=O)N2CCC[C@@H](c3nc4ccccc4s3)C2)nn1. The molecule has 3 heterocycles. The summed E-state index contributed by atoms with van der Waals surface area (Å²) in [5.74, 6) is 0.225. The molecular formula is C17H20N6OS. The van der Waals surface area contributed by atoms with Gasteiger partial charge in [-0.1, -0.05) is 17.3 Å². The first kappa shape index (κ1) is 16.2. The van der Waals surface area contributed by atoms with Gasteiger partial charge in [-0.05, 0) is 25.0 Å². The quantitative estimate of drug-likeness (QED) is 0.771. The van der Waals surface area contributed by atoms with Crippen LogP contribution in [0.1, 0.15) is 34.3 Å². The number of piperidine rings is 1. The van der Waals surface area contributed by atoms with E-state index in [-0.39, 0.29) is 11.8 Å². The lowest BCUT2D eigenvalue weighted by atomic mass is 9.98. The Balaban J connectivity index is 1.50. The molecule has 1 amide bonds. The molecular weight excluding hydrogens is 336 g/mol. The highest BCUT2D eigenvalue weighted by Gasteiger charge is 2.28. The average molecular weight is 356 g/mol. The maximum absolute atomic E-state index is 12.7. The smallest absolute Gasteiger partial charge is 0.276 e. The van der Waals surface area contributed by atoms with E-state index in [1.54, 1.807) is 22.2 Å². The molecule has 7 nitrogen and oxygen atoms in total. The van der Waals surface area contributed by atoms with E-state index in [0.717, 1.165) is 29.9 Å². The summed E-state index contributed by atoms with van der Waals surface area (Å²) >= 11 is 1.73. The van der Waals surface area contributed by atoms with Gasteiger partial charge in [-0.2, -0.15) is 0 Å². The Bertz CT molecular complexity index is 855. The van der Waals surface area contributed by atoms with E-state index in [1.165, 1.54) is 4.70 Å². The number of nitrogens with two attached hydrogens (primary N) is 1. The number of amides is 1. The van der Waals surface area contributed by atoms with Crippen molar-refractivity contribution >= 4 is 27.5 Å². The van der Waals surface area contributed by atoms with Gasteiger partial charge in [0.1, 0.15) is 0 Å². The van der Waals surface area contributed by atoms with Crippen LogP contribution in [0.5, 0.6) is 0 Å². The standard InChI is InChI=1S/C17H20N6OS/c18-7-9-23-11-14(20-21-23)17(24)22-8-3-4-12(10-22)16-19-13-5-1-2-6-15(13)25-16/h1-2,5-6,11-12H,3-4,7-10,18H2/t12-/m1/s1. The highest BCUT2D eigenvalue weighted by atomic mass is 32.1. The third-order valence-electron chi connectivity index (χ3n) is 4.48. The minimum atomic E-state index is -0.0610. The van der Waals surface area contributed by atoms with Crippen LogP contribution in [0, 0.1) is 0 Å². The van der Waals surface area contributed by atoms with Crippen molar-refractivity contribution in [1.29, 1.82) is 0 Å². The number of fused-ring (bicyclic) bond motifs is 1. The Morgan fingerprint density at radius 3 is 3.08 bits per heavy atom. The molecule has 3 aromatic rings. The van der Waals surface area contributed by atoms with Crippen molar-refractivity contribution in [2.75, 3.05) is 19.6 Å². The number of para-hydroxylation sites is 1. The zero-order chi connectivity index (χ0) is 17.2. The van der Waals surface area contributed by atoms with Crippen molar-refractivity contribution in [3.63, 3.8) is 0 Å². The largest absolute Gasteiger partial charge is 0.337 e. The minimum Gasteiger partial charge on any atom is -0.337 e. The Morgan fingerprint density at radius 2 is 2.24 bits per heavy atom. The van der Waals surface area contributed by atoms with E-state index in [0.29, 0.717) is 25.3 Å². The van der Waals surface area contributed by atoms with Gasteiger partial charge in [0.15, 0.2) is 5.69 Å². The summed E-state index contributed by atoms with van der Waals surface area (Å²) in [6.45, 7) is 2.47. The normalized spacial score (nSPS) is 18.0. The van der Waals surface area contributed by atoms with Crippen LogP contribution in [0.15, 0.2) is 30.5 Å². The number of thiazole rings is 1. The fraction of sp³-hybridized carbons (Fsp3) is 0.412. The van der Waals surface area contributed by atoms with Crippen molar-refractivity contribution in [3.8, 4) is 0 Å². The van der Waals surface area contributed by atoms with Crippen LogP contribution >= 0.6 is 11.3 Å². The fourth-order valence-corrected chi connectivity index (χ4v) is 4.32. The lowest BCUT2D eigenvalue weighted by Crippen LogP contribution is -2.39. The van der Waals surface area contributed by atoms with Crippen LogP contribution in [-0.2, 0) is 6.54 Å². The summed E-state index contributed by atoms with van der Waals surface area (Å²) in [6, 6.07) is 8.17. The van der Waals surface area contributed by atoms with Crippen molar-refractivity contribution in [2.45, 2.75) is 25.3 Å². The summed E-state index contributed by atoms with van der Waals surface area (Å²) in [5, 5.41) is 9.07. The highest BCUT2D eigenvalue weighted by Crippen LogP contribution is 2.33. The Kier molecular flexibility index (Phi) is 4.46. The predicted molar refractivity (Wildman–Crippen MR) is 96.6 cm³/mol. The van der Waals surface area contributed by atoms with Crippen molar-refractivity contribution < 1.29 is 4.79 Å². The lowest BCUT2D eigenvalue weighted by molar-refractivity contribution is 0.0701. The molecule has 1 aliphatic heterocycles. The molecule has 0 bridgehead atoms. The lowest BCUT2D eigenvalue weighted by Gasteiger charge is -2.31. The molecule has 0 spiro atoms. The van der Waals surface area contributed by atoms with Crippen LogP contribution in [0.4, 0.5) is 0 Å². The third-order valence-corrected chi connectivity index (χ3v) is 5.68. The number of nitrogens with zero attached hydrogens (tertiary/aromatic N) is 5. The van der Waals surface area contributed by atoms with E-state index >= 15 is 0 Å². The van der Waals surface area contributed by atoms with Gasteiger partial charge in [0.2, 0.25) is 0 Å². The molecule has 1 fully saturated rings. The zero-order valence-electron chi connectivity index (χ0n) is 13.8.